The van der Waals surface area contributed by atoms with E-state index >= 15 is 0 Å². The van der Waals surface area contributed by atoms with Crippen LogP contribution in [0.25, 0.3) is 10.7 Å². The van der Waals surface area contributed by atoms with Gasteiger partial charge in [0, 0.05) is 36.6 Å². The minimum absolute atomic E-state index is 0.536. The molecule has 2 aromatic rings. The fraction of sp³-hybridized carbons (Fsp3) is 0.600. The Morgan fingerprint density at radius 2 is 2.35 bits per heavy atom. The first kappa shape index (κ1) is 13.8. The molecule has 20 heavy (non-hydrogen) atoms. The summed E-state index contributed by atoms with van der Waals surface area (Å²) in [4.78, 5) is 6.36. The lowest BCUT2D eigenvalue weighted by molar-refractivity contribution is 0.475. The van der Waals surface area contributed by atoms with Crippen LogP contribution < -0.4 is 5.32 Å². The van der Waals surface area contributed by atoms with Crippen molar-refractivity contribution in [1.82, 2.24) is 20.1 Å². The Hall–Kier alpha value is -1.20. The number of aromatic nitrogens is 3. The number of aryl methyl sites for hydroxylation is 2. The monoisotopic (exact) mass is 290 g/mol. The van der Waals surface area contributed by atoms with E-state index in [2.05, 4.69) is 24.3 Å². The Morgan fingerprint density at radius 3 is 3.05 bits per heavy atom. The predicted octanol–water partition coefficient (Wildman–Crippen LogP) is 2.96. The van der Waals surface area contributed by atoms with Crippen LogP contribution >= 0.6 is 11.3 Å². The Kier molecular flexibility index (Phi) is 3.89. The molecular formula is C15H22N4S. The summed E-state index contributed by atoms with van der Waals surface area (Å²) in [6, 6.07) is 2.58. The van der Waals surface area contributed by atoms with Crippen LogP contribution in [0, 0.1) is 0 Å². The summed E-state index contributed by atoms with van der Waals surface area (Å²) in [5.41, 5.74) is 2.32. The molecule has 0 saturated carbocycles. The van der Waals surface area contributed by atoms with Crippen LogP contribution in [-0.4, -0.2) is 27.4 Å². The lowest BCUT2D eigenvalue weighted by Crippen LogP contribution is -2.29. The summed E-state index contributed by atoms with van der Waals surface area (Å²) < 4.78 is 1.84. The van der Waals surface area contributed by atoms with Crippen molar-refractivity contribution in [2.45, 2.75) is 45.1 Å². The number of nitrogens with zero attached hydrogens (tertiary/aromatic N) is 3. The summed E-state index contributed by atoms with van der Waals surface area (Å²) in [6.07, 6.45) is 5.69. The molecule has 2 aromatic heterocycles. The highest BCUT2D eigenvalue weighted by Gasteiger charge is 2.25. The van der Waals surface area contributed by atoms with Crippen LogP contribution in [0.4, 0.5) is 0 Å². The topological polar surface area (TPSA) is 42.7 Å². The van der Waals surface area contributed by atoms with E-state index in [1.807, 2.05) is 35.3 Å². The summed E-state index contributed by atoms with van der Waals surface area (Å²) in [5.74, 6) is 0.565. The largest absolute Gasteiger partial charge is 0.314 e. The lowest BCUT2D eigenvalue weighted by atomic mass is 9.91. The van der Waals surface area contributed by atoms with Crippen molar-refractivity contribution in [1.29, 1.82) is 0 Å². The van der Waals surface area contributed by atoms with Gasteiger partial charge in [-0.05, 0) is 25.3 Å². The van der Waals surface area contributed by atoms with E-state index < -0.39 is 0 Å². The Bertz CT molecular complexity index is 584. The van der Waals surface area contributed by atoms with Crippen LogP contribution in [0.3, 0.4) is 0 Å². The van der Waals surface area contributed by atoms with Crippen LogP contribution in [0.1, 0.15) is 43.2 Å². The van der Waals surface area contributed by atoms with E-state index in [4.69, 9.17) is 4.98 Å². The zero-order valence-corrected chi connectivity index (χ0v) is 13.2. The molecule has 3 rings (SSSR count). The Morgan fingerprint density at radius 1 is 1.50 bits per heavy atom. The van der Waals surface area contributed by atoms with Gasteiger partial charge in [0.15, 0.2) is 0 Å². The molecule has 1 unspecified atom stereocenters. The van der Waals surface area contributed by atoms with Gasteiger partial charge in [0.1, 0.15) is 10.7 Å². The minimum atomic E-state index is 0.536. The van der Waals surface area contributed by atoms with Gasteiger partial charge in [-0.2, -0.15) is 5.10 Å². The Labute approximate surface area is 124 Å². The van der Waals surface area contributed by atoms with Crippen molar-refractivity contribution in [2.75, 3.05) is 6.54 Å². The maximum absolute atomic E-state index is 4.90. The molecule has 108 valence electrons. The van der Waals surface area contributed by atoms with Crippen molar-refractivity contribution in [3.63, 3.8) is 0 Å². The van der Waals surface area contributed by atoms with Gasteiger partial charge >= 0.3 is 0 Å². The number of nitrogens with one attached hydrogen (secondary N) is 1. The quantitative estimate of drug-likeness (QED) is 0.941. The molecule has 2 heterocycles. The molecule has 0 fully saturated rings. The van der Waals surface area contributed by atoms with E-state index in [9.17, 15) is 0 Å². The zero-order valence-electron chi connectivity index (χ0n) is 12.4. The normalized spacial score (nSPS) is 18.5. The van der Waals surface area contributed by atoms with Crippen LogP contribution in [0.5, 0.6) is 0 Å². The number of thiazole rings is 1. The summed E-state index contributed by atoms with van der Waals surface area (Å²) in [5, 5.41) is 9.10. The van der Waals surface area contributed by atoms with E-state index in [1.54, 1.807) is 0 Å². The molecule has 0 radical (unpaired) electrons. The SMILES string of the molecule is CC(C)NCC1CCCc2sc(-c3ccn(C)n3)nc21. The second-order valence-corrected chi connectivity index (χ2v) is 6.94. The zero-order chi connectivity index (χ0) is 14.1. The number of hydrogen-bond donors (Lipinski definition) is 1. The molecule has 0 spiro atoms. The van der Waals surface area contributed by atoms with Crippen molar-refractivity contribution < 1.29 is 0 Å². The molecule has 0 amide bonds. The standard InChI is InChI=1S/C15H22N4S/c1-10(2)16-9-11-5-4-6-13-14(11)17-15(20-13)12-7-8-19(3)18-12/h7-8,10-11,16H,4-6,9H2,1-3H3. The summed E-state index contributed by atoms with van der Waals surface area (Å²) >= 11 is 1.83. The second-order valence-electron chi connectivity index (χ2n) is 5.85. The molecule has 0 aromatic carbocycles. The van der Waals surface area contributed by atoms with Crippen molar-refractivity contribution >= 4 is 11.3 Å². The fourth-order valence-corrected chi connectivity index (χ4v) is 3.88. The number of rotatable bonds is 4. The highest BCUT2D eigenvalue weighted by atomic mass is 32.1. The third kappa shape index (κ3) is 2.79. The third-order valence-electron chi connectivity index (χ3n) is 3.78. The molecule has 0 aliphatic heterocycles. The average Bonchev–Trinajstić information content (AvgIpc) is 3.01. The molecule has 0 saturated heterocycles. The first-order valence-electron chi connectivity index (χ1n) is 7.36. The van der Waals surface area contributed by atoms with Gasteiger partial charge < -0.3 is 5.32 Å². The molecule has 0 bridgehead atoms. The van der Waals surface area contributed by atoms with E-state index in [1.165, 1.54) is 29.8 Å². The molecule has 1 atom stereocenters. The van der Waals surface area contributed by atoms with Crippen molar-refractivity contribution in [2.24, 2.45) is 7.05 Å². The fourth-order valence-electron chi connectivity index (χ4n) is 2.72. The van der Waals surface area contributed by atoms with Crippen molar-refractivity contribution in [3.05, 3.63) is 22.8 Å². The van der Waals surface area contributed by atoms with Crippen LogP contribution in [-0.2, 0) is 13.5 Å². The number of hydrogen-bond acceptors (Lipinski definition) is 4. The molecule has 1 aliphatic rings. The highest BCUT2D eigenvalue weighted by Crippen LogP contribution is 2.37. The van der Waals surface area contributed by atoms with E-state index in [0.29, 0.717) is 12.0 Å². The summed E-state index contributed by atoms with van der Waals surface area (Å²) in [6.45, 7) is 5.43. The van der Waals surface area contributed by atoms with E-state index in [0.717, 1.165) is 17.2 Å². The van der Waals surface area contributed by atoms with Crippen LogP contribution in [0.2, 0.25) is 0 Å². The molecule has 1 aliphatic carbocycles. The van der Waals surface area contributed by atoms with E-state index in [-0.39, 0.29) is 0 Å². The van der Waals surface area contributed by atoms with Gasteiger partial charge in [-0.3, -0.25) is 4.68 Å². The first-order valence-corrected chi connectivity index (χ1v) is 8.18. The number of fused-ring (bicyclic) bond motifs is 1. The first-order chi connectivity index (χ1) is 9.63. The smallest absolute Gasteiger partial charge is 0.144 e. The highest BCUT2D eigenvalue weighted by molar-refractivity contribution is 7.15. The van der Waals surface area contributed by atoms with Crippen molar-refractivity contribution in [3.8, 4) is 10.7 Å². The Balaban J connectivity index is 1.84. The van der Waals surface area contributed by atoms with Gasteiger partial charge in [0.2, 0.25) is 0 Å². The van der Waals surface area contributed by atoms with Gasteiger partial charge in [-0.25, -0.2) is 4.98 Å². The van der Waals surface area contributed by atoms with Gasteiger partial charge in [-0.15, -0.1) is 11.3 Å². The van der Waals surface area contributed by atoms with Gasteiger partial charge in [-0.1, -0.05) is 13.8 Å². The second kappa shape index (κ2) is 5.66. The minimum Gasteiger partial charge on any atom is -0.314 e. The maximum atomic E-state index is 4.90. The molecule has 1 N–H and O–H groups in total. The lowest BCUT2D eigenvalue weighted by Gasteiger charge is -2.22. The van der Waals surface area contributed by atoms with Gasteiger partial charge in [0.25, 0.3) is 0 Å². The molecule has 4 nitrogen and oxygen atoms in total. The third-order valence-corrected chi connectivity index (χ3v) is 4.93. The molecule has 5 heteroatoms. The summed E-state index contributed by atoms with van der Waals surface area (Å²) in [7, 11) is 1.95. The maximum Gasteiger partial charge on any atom is 0.144 e. The average molecular weight is 290 g/mol. The predicted molar refractivity (Wildman–Crippen MR) is 83.1 cm³/mol. The van der Waals surface area contributed by atoms with Gasteiger partial charge in [0.05, 0.1) is 5.69 Å². The van der Waals surface area contributed by atoms with Crippen LogP contribution in [0.15, 0.2) is 12.3 Å². The molecular weight excluding hydrogens is 268 g/mol.